The van der Waals surface area contributed by atoms with Crippen LogP contribution in [0.5, 0.6) is 0 Å². The van der Waals surface area contributed by atoms with Gasteiger partial charge in [0.25, 0.3) is 5.91 Å². The van der Waals surface area contributed by atoms with Gasteiger partial charge in [0.15, 0.2) is 0 Å². The highest BCUT2D eigenvalue weighted by Gasteiger charge is 2.45. The molecule has 3 N–H and O–H groups in total. The van der Waals surface area contributed by atoms with Crippen molar-refractivity contribution in [1.82, 2.24) is 5.32 Å². The first-order valence-electron chi connectivity index (χ1n) is 6.46. The number of hydrogen-bond acceptors (Lipinski definition) is 4. The van der Waals surface area contributed by atoms with Gasteiger partial charge in [0.2, 0.25) is 10.0 Å². The molecule has 0 spiro atoms. The van der Waals surface area contributed by atoms with Crippen LogP contribution in [0.2, 0.25) is 0 Å². The Hall–Kier alpha value is -2.16. The topological polar surface area (TPSA) is 113 Å². The predicted molar refractivity (Wildman–Crippen MR) is 76.6 cm³/mol. The van der Waals surface area contributed by atoms with Crippen LogP contribution in [-0.4, -0.2) is 37.2 Å². The van der Waals surface area contributed by atoms with E-state index in [1.807, 2.05) is 4.72 Å². The van der Waals surface area contributed by atoms with Gasteiger partial charge in [0.05, 0.1) is 11.9 Å². The number of carboxylic acid groups (broad SMARTS) is 1. The van der Waals surface area contributed by atoms with Gasteiger partial charge in [-0.1, -0.05) is 0 Å². The Morgan fingerprint density at radius 1 is 1.32 bits per heavy atom. The summed E-state index contributed by atoms with van der Waals surface area (Å²) >= 11 is 0. The second-order valence-corrected chi connectivity index (χ2v) is 7.01. The van der Waals surface area contributed by atoms with Gasteiger partial charge in [-0.15, -0.1) is 0 Å². The number of sulfonamides is 1. The molecule has 1 aromatic carbocycles. The lowest BCUT2D eigenvalue weighted by atomic mass is 9.76. The van der Waals surface area contributed by atoms with Gasteiger partial charge in [-0.3, -0.25) is 9.52 Å². The van der Waals surface area contributed by atoms with Gasteiger partial charge >= 0.3 is 5.97 Å². The molecule has 9 heteroatoms. The van der Waals surface area contributed by atoms with Gasteiger partial charge in [-0.2, -0.15) is 0 Å². The van der Waals surface area contributed by atoms with Crippen molar-refractivity contribution < 1.29 is 27.5 Å². The quantitative estimate of drug-likeness (QED) is 0.743. The number of carbonyl (C=O) groups is 2. The number of carbonyl (C=O) groups excluding carboxylic acids is 1. The first-order chi connectivity index (χ1) is 10.1. The van der Waals surface area contributed by atoms with Crippen LogP contribution in [0, 0.1) is 5.82 Å². The summed E-state index contributed by atoms with van der Waals surface area (Å²) in [5.74, 6) is -2.65. The Morgan fingerprint density at radius 2 is 1.95 bits per heavy atom. The molecule has 7 nitrogen and oxygen atoms in total. The SMILES string of the molecule is CS(=O)(=O)Nc1cc(C(=O)NC2(C(=O)O)CCC2)ccc1F. The Labute approximate surface area is 126 Å². The number of rotatable bonds is 5. The second kappa shape index (κ2) is 5.56. The fraction of sp³-hybridized carbons (Fsp3) is 0.385. The minimum Gasteiger partial charge on any atom is -0.480 e. The molecule has 0 aliphatic heterocycles. The summed E-state index contributed by atoms with van der Waals surface area (Å²) in [6.07, 6.45) is 2.19. The maximum atomic E-state index is 13.6. The van der Waals surface area contributed by atoms with E-state index in [0.717, 1.165) is 24.5 Å². The lowest BCUT2D eigenvalue weighted by molar-refractivity contribution is -0.148. The Bertz CT molecular complexity index is 728. The third-order valence-corrected chi connectivity index (χ3v) is 4.08. The van der Waals surface area contributed by atoms with Crippen LogP contribution in [-0.2, 0) is 14.8 Å². The minimum atomic E-state index is -3.70. The molecule has 0 unspecified atom stereocenters. The van der Waals surface area contributed by atoms with Crippen molar-refractivity contribution in [2.75, 3.05) is 11.0 Å². The van der Waals surface area contributed by atoms with Crippen LogP contribution in [0.4, 0.5) is 10.1 Å². The van der Waals surface area contributed by atoms with Crippen LogP contribution >= 0.6 is 0 Å². The molecule has 120 valence electrons. The number of nitrogens with one attached hydrogen (secondary N) is 2. The fourth-order valence-electron chi connectivity index (χ4n) is 2.16. The smallest absolute Gasteiger partial charge is 0.329 e. The number of anilines is 1. The normalized spacial score (nSPS) is 16.5. The maximum Gasteiger partial charge on any atom is 0.329 e. The molecule has 1 saturated carbocycles. The number of hydrogen-bond donors (Lipinski definition) is 3. The molecule has 1 aliphatic rings. The number of carboxylic acids is 1. The zero-order valence-electron chi connectivity index (χ0n) is 11.7. The van der Waals surface area contributed by atoms with Crippen molar-refractivity contribution in [3.63, 3.8) is 0 Å². The molecule has 0 atom stereocenters. The van der Waals surface area contributed by atoms with Crippen molar-refractivity contribution in [3.8, 4) is 0 Å². The molecule has 1 amide bonds. The highest BCUT2D eigenvalue weighted by atomic mass is 32.2. The number of amides is 1. The van der Waals surface area contributed by atoms with Crippen LogP contribution in [0.25, 0.3) is 0 Å². The van der Waals surface area contributed by atoms with Crippen molar-refractivity contribution in [3.05, 3.63) is 29.6 Å². The lowest BCUT2D eigenvalue weighted by Gasteiger charge is -2.38. The van der Waals surface area contributed by atoms with E-state index >= 15 is 0 Å². The van der Waals surface area contributed by atoms with E-state index < -0.39 is 33.3 Å². The summed E-state index contributed by atoms with van der Waals surface area (Å²) < 4.78 is 37.8. The lowest BCUT2D eigenvalue weighted by Crippen LogP contribution is -2.59. The first-order valence-corrected chi connectivity index (χ1v) is 8.35. The van der Waals surface area contributed by atoms with E-state index in [4.69, 9.17) is 5.11 Å². The number of benzene rings is 1. The Morgan fingerprint density at radius 3 is 2.41 bits per heavy atom. The zero-order valence-corrected chi connectivity index (χ0v) is 12.5. The summed E-state index contributed by atoms with van der Waals surface area (Å²) in [7, 11) is -3.70. The van der Waals surface area contributed by atoms with Crippen molar-refractivity contribution >= 4 is 27.6 Å². The average molecular weight is 330 g/mol. The minimum absolute atomic E-state index is 0.0277. The highest BCUT2D eigenvalue weighted by molar-refractivity contribution is 7.92. The number of aliphatic carboxylic acids is 1. The monoisotopic (exact) mass is 330 g/mol. The Kier molecular flexibility index (Phi) is 4.10. The largest absolute Gasteiger partial charge is 0.480 e. The summed E-state index contributed by atoms with van der Waals surface area (Å²) in [6, 6.07) is 3.13. The molecule has 1 fully saturated rings. The van der Waals surface area contributed by atoms with Gasteiger partial charge in [-0.25, -0.2) is 17.6 Å². The Balaban J connectivity index is 2.23. The van der Waals surface area contributed by atoms with E-state index in [2.05, 4.69) is 5.32 Å². The molecule has 1 aromatic rings. The van der Waals surface area contributed by atoms with Gasteiger partial charge < -0.3 is 10.4 Å². The van der Waals surface area contributed by atoms with Gasteiger partial charge in [-0.05, 0) is 37.5 Å². The summed E-state index contributed by atoms with van der Waals surface area (Å²) in [5.41, 5.74) is -1.69. The van der Waals surface area contributed by atoms with Crippen LogP contribution < -0.4 is 10.0 Å². The van der Waals surface area contributed by atoms with Crippen LogP contribution in [0.15, 0.2) is 18.2 Å². The summed E-state index contributed by atoms with van der Waals surface area (Å²) in [6.45, 7) is 0. The van der Waals surface area contributed by atoms with E-state index in [-0.39, 0.29) is 11.3 Å². The predicted octanol–water partition coefficient (Wildman–Crippen LogP) is 0.934. The summed E-state index contributed by atoms with van der Waals surface area (Å²) in [5, 5.41) is 11.6. The van der Waals surface area contributed by atoms with E-state index in [1.165, 1.54) is 0 Å². The molecular formula is C13H15FN2O5S. The maximum absolute atomic E-state index is 13.6. The zero-order chi connectivity index (χ0) is 16.5. The highest BCUT2D eigenvalue weighted by Crippen LogP contribution is 2.32. The van der Waals surface area contributed by atoms with E-state index in [0.29, 0.717) is 19.3 Å². The number of halogens is 1. The first kappa shape index (κ1) is 16.2. The van der Waals surface area contributed by atoms with E-state index in [1.54, 1.807) is 0 Å². The molecular weight excluding hydrogens is 315 g/mol. The van der Waals surface area contributed by atoms with Crippen molar-refractivity contribution in [2.45, 2.75) is 24.8 Å². The molecule has 22 heavy (non-hydrogen) atoms. The molecule has 2 rings (SSSR count). The van der Waals surface area contributed by atoms with E-state index in [9.17, 15) is 22.4 Å². The molecule has 0 aromatic heterocycles. The summed E-state index contributed by atoms with van der Waals surface area (Å²) in [4.78, 5) is 23.3. The van der Waals surface area contributed by atoms with Crippen LogP contribution in [0.3, 0.4) is 0 Å². The van der Waals surface area contributed by atoms with Crippen molar-refractivity contribution in [1.29, 1.82) is 0 Å². The molecule has 0 bridgehead atoms. The van der Waals surface area contributed by atoms with Crippen LogP contribution in [0.1, 0.15) is 29.6 Å². The van der Waals surface area contributed by atoms with Gasteiger partial charge in [0, 0.05) is 5.56 Å². The van der Waals surface area contributed by atoms with Crippen molar-refractivity contribution in [2.24, 2.45) is 0 Å². The second-order valence-electron chi connectivity index (χ2n) is 5.26. The third-order valence-electron chi connectivity index (χ3n) is 3.49. The standard InChI is InChI=1S/C13H15FN2O5S/c1-22(20,21)16-10-7-8(3-4-9(10)14)11(17)15-13(12(18)19)5-2-6-13/h3-4,7,16H,2,5-6H2,1H3,(H,15,17)(H,18,19). The molecule has 1 aliphatic carbocycles. The molecule has 0 heterocycles. The molecule has 0 saturated heterocycles. The average Bonchev–Trinajstić information content (AvgIpc) is 2.34. The fourth-order valence-corrected chi connectivity index (χ4v) is 2.71. The third kappa shape index (κ3) is 3.35. The van der Waals surface area contributed by atoms with Gasteiger partial charge in [0.1, 0.15) is 11.4 Å². The molecule has 0 radical (unpaired) electrons.